The van der Waals surface area contributed by atoms with Gasteiger partial charge in [-0.25, -0.2) is 0 Å². The number of ketones is 2. The van der Waals surface area contributed by atoms with Crippen molar-refractivity contribution in [1.29, 1.82) is 0 Å². The van der Waals surface area contributed by atoms with E-state index >= 15 is 0 Å². The zero-order valence-corrected chi connectivity index (χ0v) is 29.1. The minimum atomic E-state index is -1.01. The van der Waals surface area contributed by atoms with E-state index in [0.29, 0.717) is 34.3 Å². The van der Waals surface area contributed by atoms with Gasteiger partial charge in [-0.15, -0.1) is 0 Å². The Morgan fingerprint density at radius 1 is 1.04 bits per heavy atom. The van der Waals surface area contributed by atoms with Crippen LogP contribution in [0, 0.1) is 11.8 Å². The van der Waals surface area contributed by atoms with E-state index in [-0.39, 0.29) is 41.3 Å². The zero-order valence-electron chi connectivity index (χ0n) is 27.6. The molecule has 6 rings (SSSR count). The predicted molar refractivity (Wildman–Crippen MR) is 186 cm³/mol. The maximum atomic E-state index is 13.5. The number of aromatic hydroxyl groups is 2. The van der Waals surface area contributed by atoms with E-state index in [0.717, 1.165) is 56.2 Å². The Labute approximate surface area is 292 Å². The number of benzene rings is 2. The quantitative estimate of drug-likeness (QED) is 0.149. The number of phenolic OH excluding ortho intramolecular Hbond substituents is 2. The van der Waals surface area contributed by atoms with E-state index in [1.807, 2.05) is 32.1 Å². The summed E-state index contributed by atoms with van der Waals surface area (Å²) < 4.78 is 5.93. The van der Waals surface area contributed by atoms with E-state index in [1.54, 1.807) is 6.07 Å². The first-order valence-corrected chi connectivity index (χ1v) is 17.9. The van der Waals surface area contributed by atoms with Crippen LogP contribution in [0.2, 0.25) is 10.0 Å². The van der Waals surface area contributed by atoms with Crippen LogP contribution in [0.25, 0.3) is 0 Å². The highest BCUT2D eigenvalue weighted by molar-refractivity contribution is 6.35. The van der Waals surface area contributed by atoms with Crippen LogP contribution in [0.3, 0.4) is 0 Å². The lowest BCUT2D eigenvalue weighted by molar-refractivity contribution is -0.147. The standard InChI is InChI=1S/C38H44Cl2N2O6/c1-22(2)10-15-33(27-19-32(45)35-30(43)13-14-31(44)36(35)38(27)47)48-34(46)9-3-8-29-26-7-5-17-41-16-4-6-24(37(26)41)21-42(29)20-23-11-12-25(39)18-28(23)40/h10-14,18-19,24,26,29,33,37,43-44H,3-9,15-17,20-21H2,1-2H3/t24-,26+,29+,33-,37-/m1/s1. The number of hydrogen-bond donors (Lipinski definition) is 2. The molecule has 8 nitrogen and oxygen atoms in total. The van der Waals surface area contributed by atoms with Gasteiger partial charge in [0.05, 0.1) is 11.1 Å². The molecule has 2 N–H and O–H groups in total. The Morgan fingerprint density at radius 3 is 2.50 bits per heavy atom. The highest BCUT2D eigenvalue weighted by Crippen LogP contribution is 2.44. The third-order valence-corrected chi connectivity index (χ3v) is 11.2. The normalized spacial score (nSPS) is 24.7. The van der Waals surface area contributed by atoms with Gasteiger partial charge in [0.2, 0.25) is 0 Å². The van der Waals surface area contributed by atoms with Crippen LogP contribution in [-0.4, -0.2) is 75.4 Å². The Kier molecular flexibility index (Phi) is 10.7. The number of likely N-dealkylation sites (tertiary alicyclic amines) is 1. The van der Waals surface area contributed by atoms with Gasteiger partial charge in [-0.3, -0.25) is 24.2 Å². The molecule has 48 heavy (non-hydrogen) atoms. The topological polar surface area (TPSA) is 107 Å². The highest BCUT2D eigenvalue weighted by atomic mass is 35.5. The van der Waals surface area contributed by atoms with Crippen LogP contribution in [0.15, 0.2) is 53.6 Å². The first-order chi connectivity index (χ1) is 23.0. The van der Waals surface area contributed by atoms with Gasteiger partial charge in [0.15, 0.2) is 11.6 Å². The average Bonchev–Trinajstić information content (AvgIpc) is 3.04. The molecule has 256 valence electrons. The van der Waals surface area contributed by atoms with Gasteiger partial charge >= 0.3 is 5.97 Å². The van der Waals surface area contributed by atoms with Crippen molar-refractivity contribution in [2.75, 3.05) is 19.6 Å². The van der Waals surface area contributed by atoms with Gasteiger partial charge in [0.1, 0.15) is 17.6 Å². The van der Waals surface area contributed by atoms with Crippen molar-refractivity contribution in [2.45, 2.75) is 89.9 Å². The molecule has 5 atom stereocenters. The third-order valence-electron chi connectivity index (χ3n) is 10.6. The van der Waals surface area contributed by atoms with Crippen LogP contribution in [-0.2, 0) is 16.1 Å². The van der Waals surface area contributed by atoms with Crippen molar-refractivity contribution in [2.24, 2.45) is 11.8 Å². The van der Waals surface area contributed by atoms with Crippen LogP contribution >= 0.6 is 23.2 Å². The second-order valence-electron chi connectivity index (χ2n) is 14.0. The number of carbonyl (C=O) groups excluding carboxylic acids is 3. The van der Waals surface area contributed by atoms with Crippen molar-refractivity contribution in [3.63, 3.8) is 0 Å². The molecule has 3 fully saturated rings. The third kappa shape index (κ3) is 7.23. The fraction of sp³-hybridized carbons (Fsp3) is 0.500. The lowest BCUT2D eigenvalue weighted by atomic mass is 9.69. The molecule has 0 aromatic heterocycles. The molecule has 0 bridgehead atoms. The van der Waals surface area contributed by atoms with Gasteiger partial charge in [-0.2, -0.15) is 0 Å². The van der Waals surface area contributed by atoms with Crippen molar-refractivity contribution in [3.05, 3.63) is 80.4 Å². The highest BCUT2D eigenvalue weighted by Gasteiger charge is 2.48. The Morgan fingerprint density at radius 2 is 1.77 bits per heavy atom. The molecule has 1 aliphatic carbocycles. The SMILES string of the molecule is CC(C)=CC[C@@H](OC(=O)CCC[C@H]1[C@@H]2CCCN3CCC[C@H](CN1Cc1ccc(Cl)cc1Cl)[C@H]23)C1=CC(=O)c2c(O)ccc(O)c2C1=O. The van der Waals surface area contributed by atoms with Crippen molar-refractivity contribution >= 4 is 40.7 Å². The van der Waals surface area contributed by atoms with E-state index in [4.69, 9.17) is 27.9 Å². The number of ether oxygens (including phenoxy) is 1. The van der Waals surface area contributed by atoms with Gasteiger partial charge in [0.25, 0.3) is 0 Å². The molecule has 10 heteroatoms. The number of Topliss-reactive ketones (excluding diaryl/α,β-unsaturated/α-hetero) is 1. The molecule has 0 spiro atoms. The summed E-state index contributed by atoms with van der Waals surface area (Å²) in [7, 11) is 0. The fourth-order valence-corrected chi connectivity index (χ4v) is 8.98. The molecule has 4 aliphatic rings. The number of hydrogen-bond acceptors (Lipinski definition) is 8. The van der Waals surface area contributed by atoms with E-state index < -0.39 is 29.4 Å². The second kappa shape index (κ2) is 14.8. The molecule has 3 aliphatic heterocycles. The molecule has 3 saturated heterocycles. The number of carbonyl (C=O) groups is 3. The van der Waals surface area contributed by atoms with Crippen molar-refractivity contribution < 1.29 is 29.3 Å². The number of rotatable bonds is 10. The lowest BCUT2D eigenvalue weighted by Gasteiger charge is -2.57. The van der Waals surface area contributed by atoms with Gasteiger partial charge in [-0.1, -0.05) is 40.9 Å². The molecular weight excluding hydrogens is 651 g/mol. The maximum Gasteiger partial charge on any atom is 0.306 e. The Bertz CT molecular complexity index is 1650. The first kappa shape index (κ1) is 34.7. The fourth-order valence-electron chi connectivity index (χ4n) is 8.51. The van der Waals surface area contributed by atoms with Gasteiger partial charge in [0, 0.05) is 53.6 Å². The summed E-state index contributed by atoms with van der Waals surface area (Å²) in [6.45, 7) is 7.83. The van der Waals surface area contributed by atoms with E-state index in [2.05, 4.69) is 9.80 Å². The summed E-state index contributed by atoms with van der Waals surface area (Å²) in [5, 5.41) is 22.0. The predicted octanol–water partition coefficient (Wildman–Crippen LogP) is 7.52. The molecule has 0 radical (unpaired) electrons. The molecular formula is C38H44Cl2N2O6. The maximum absolute atomic E-state index is 13.5. The molecule has 2 aromatic carbocycles. The van der Waals surface area contributed by atoms with Crippen LogP contribution in [0.5, 0.6) is 11.5 Å². The monoisotopic (exact) mass is 694 g/mol. The minimum absolute atomic E-state index is 0.0109. The minimum Gasteiger partial charge on any atom is -0.507 e. The first-order valence-electron chi connectivity index (χ1n) is 17.1. The molecule has 0 amide bonds. The van der Waals surface area contributed by atoms with Crippen molar-refractivity contribution in [1.82, 2.24) is 9.80 Å². The van der Waals surface area contributed by atoms with E-state index in [9.17, 15) is 24.6 Å². The summed E-state index contributed by atoms with van der Waals surface area (Å²) in [5.74, 6) is -1.37. The van der Waals surface area contributed by atoms with Crippen molar-refractivity contribution in [3.8, 4) is 11.5 Å². The Balaban J connectivity index is 1.17. The molecule has 2 aromatic rings. The summed E-state index contributed by atoms with van der Waals surface area (Å²) in [6, 6.07) is 8.89. The lowest BCUT2D eigenvalue weighted by Crippen LogP contribution is -2.64. The van der Waals surface area contributed by atoms with Crippen LogP contribution in [0.4, 0.5) is 0 Å². The second-order valence-corrected chi connectivity index (χ2v) is 14.8. The summed E-state index contributed by atoms with van der Waals surface area (Å²) in [5.41, 5.74) is 1.50. The number of allylic oxidation sites excluding steroid dienone is 2. The number of esters is 1. The molecule has 0 saturated carbocycles. The smallest absolute Gasteiger partial charge is 0.306 e. The van der Waals surface area contributed by atoms with E-state index in [1.165, 1.54) is 31.4 Å². The largest absolute Gasteiger partial charge is 0.507 e. The summed E-state index contributed by atoms with van der Waals surface area (Å²) >= 11 is 12.9. The summed E-state index contributed by atoms with van der Waals surface area (Å²) in [6.07, 6.45) is 8.56. The Hall–Kier alpha value is -3.17. The number of phenols is 2. The average molecular weight is 696 g/mol. The number of halogens is 2. The molecule has 3 heterocycles. The van der Waals surface area contributed by atoms with Crippen LogP contribution < -0.4 is 0 Å². The molecule has 0 unspecified atom stereocenters. The van der Waals surface area contributed by atoms with Gasteiger partial charge < -0.3 is 14.9 Å². The van der Waals surface area contributed by atoms with Gasteiger partial charge in [-0.05, 0) is 113 Å². The number of nitrogens with zero attached hydrogens (tertiary/aromatic N) is 2. The number of fused-ring (bicyclic) bond motifs is 1. The summed E-state index contributed by atoms with van der Waals surface area (Å²) in [4.78, 5) is 45.2. The number of piperidine rings is 3. The van der Waals surface area contributed by atoms with Crippen LogP contribution in [0.1, 0.15) is 91.5 Å². The zero-order chi connectivity index (χ0) is 34.1.